The number of hydrogen-bond donors (Lipinski definition) is 2. The van der Waals surface area contributed by atoms with Crippen LogP contribution in [0.5, 0.6) is 11.5 Å². The molecule has 0 aliphatic carbocycles. The number of halogens is 3. The Kier molecular flexibility index (Phi) is 3.80. The van der Waals surface area contributed by atoms with Gasteiger partial charge in [-0.3, -0.25) is 5.41 Å². The molecule has 0 unspecified atom stereocenters. The minimum atomic E-state index is -0.692. The van der Waals surface area contributed by atoms with Crippen molar-refractivity contribution >= 4 is 21.8 Å². The molecule has 2 aromatic rings. The van der Waals surface area contributed by atoms with Crippen molar-refractivity contribution in [1.82, 2.24) is 0 Å². The van der Waals surface area contributed by atoms with E-state index in [0.29, 0.717) is 4.47 Å². The highest BCUT2D eigenvalue weighted by molar-refractivity contribution is 9.10. The number of nitrogens with two attached hydrogens (primary N) is 1. The van der Waals surface area contributed by atoms with Gasteiger partial charge in [-0.25, -0.2) is 8.78 Å². The number of nitrogen functional groups attached to an aromatic ring is 1. The maximum atomic E-state index is 13.6. The molecule has 98 valence electrons. The minimum Gasteiger partial charge on any atom is -0.453 e. The van der Waals surface area contributed by atoms with E-state index in [1.165, 1.54) is 24.3 Å². The van der Waals surface area contributed by atoms with Gasteiger partial charge < -0.3 is 10.5 Å². The van der Waals surface area contributed by atoms with Crippen LogP contribution in [0, 0.1) is 17.0 Å². The third-order valence-corrected chi connectivity index (χ3v) is 2.85. The van der Waals surface area contributed by atoms with Crippen molar-refractivity contribution in [3.8, 4) is 11.5 Å². The first-order valence-electron chi connectivity index (χ1n) is 5.25. The second kappa shape index (κ2) is 5.36. The second-order valence-electron chi connectivity index (χ2n) is 3.70. The molecular formula is C13H9BrF2N2O. The average molecular weight is 327 g/mol. The summed E-state index contributed by atoms with van der Waals surface area (Å²) in [5.74, 6) is -1.86. The summed E-state index contributed by atoms with van der Waals surface area (Å²) in [5.41, 5.74) is 5.10. The van der Waals surface area contributed by atoms with Gasteiger partial charge in [-0.1, -0.05) is 22.0 Å². The molecule has 3 N–H and O–H groups in total. The average Bonchev–Trinajstić information content (AvgIpc) is 2.32. The van der Waals surface area contributed by atoms with Crippen molar-refractivity contribution in [2.75, 3.05) is 0 Å². The van der Waals surface area contributed by atoms with Crippen LogP contribution in [0.4, 0.5) is 8.78 Å². The van der Waals surface area contributed by atoms with Crippen LogP contribution in [-0.4, -0.2) is 5.84 Å². The molecule has 0 aliphatic heterocycles. The van der Waals surface area contributed by atoms with Gasteiger partial charge in [0, 0.05) is 4.47 Å². The van der Waals surface area contributed by atoms with Gasteiger partial charge in [0.05, 0.1) is 5.56 Å². The maximum Gasteiger partial charge on any atom is 0.166 e. The van der Waals surface area contributed by atoms with Gasteiger partial charge in [0.1, 0.15) is 17.4 Å². The van der Waals surface area contributed by atoms with E-state index in [4.69, 9.17) is 15.9 Å². The number of amidine groups is 1. The molecule has 6 heteroatoms. The topological polar surface area (TPSA) is 59.1 Å². The molecule has 19 heavy (non-hydrogen) atoms. The van der Waals surface area contributed by atoms with Gasteiger partial charge >= 0.3 is 0 Å². The summed E-state index contributed by atoms with van der Waals surface area (Å²) in [6, 6.07) is 8.18. The lowest BCUT2D eigenvalue weighted by Crippen LogP contribution is -2.14. The third-order valence-electron chi connectivity index (χ3n) is 2.36. The summed E-state index contributed by atoms with van der Waals surface area (Å²) >= 11 is 3.12. The normalized spacial score (nSPS) is 10.3. The molecule has 0 saturated heterocycles. The molecule has 0 fully saturated rings. The smallest absolute Gasteiger partial charge is 0.166 e. The van der Waals surface area contributed by atoms with E-state index in [9.17, 15) is 8.78 Å². The molecule has 2 rings (SSSR count). The lowest BCUT2D eigenvalue weighted by molar-refractivity contribution is 0.437. The number of benzene rings is 2. The largest absolute Gasteiger partial charge is 0.453 e. The fourth-order valence-corrected chi connectivity index (χ4v) is 1.86. The van der Waals surface area contributed by atoms with Crippen LogP contribution in [0.2, 0.25) is 0 Å². The number of ether oxygens (including phenoxy) is 1. The van der Waals surface area contributed by atoms with Gasteiger partial charge in [0.25, 0.3) is 0 Å². The van der Waals surface area contributed by atoms with Crippen LogP contribution in [0.25, 0.3) is 0 Å². The van der Waals surface area contributed by atoms with Crippen molar-refractivity contribution in [2.45, 2.75) is 0 Å². The lowest BCUT2D eigenvalue weighted by atomic mass is 10.1. The summed E-state index contributed by atoms with van der Waals surface area (Å²) < 4.78 is 33.0. The Morgan fingerprint density at radius 2 is 1.84 bits per heavy atom. The molecular weight excluding hydrogens is 318 g/mol. The van der Waals surface area contributed by atoms with E-state index in [-0.39, 0.29) is 17.1 Å². The molecule has 0 heterocycles. The molecule has 0 amide bonds. The maximum absolute atomic E-state index is 13.6. The van der Waals surface area contributed by atoms with Crippen LogP contribution in [0.15, 0.2) is 40.9 Å². The first kappa shape index (κ1) is 13.5. The number of rotatable bonds is 3. The molecule has 0 aromatic heterocycles. The molecule has 0 atom stereocenters. The Morgan fingerprint density at radius 1 is 1.11 bits per heavy atom. The molecule has 0 bridgehead atoms. The van der Waals surface area contributed by atoms with Crippen LogP contribution < -0.4 is 10.5 Å². The van der Waals surface area contributed by atoms with Crippen LogP contribution in [-0.2, 0) is 0 Å². The standard InChI is InChI=1S/C13H9BrF2N2O/c14-7-4-5-10(9(16)6-7)19-11-3-1-2-8(15)12(11)13(17)18/h1-6H,(H3,17,18). The molecule has 3 nitrogen and oxygen atoms in total. The first-order valence-corrected chi connectivity index (χ1v) is 6.04. The Balaban J connectivity index is 2.44. The fraction of sp³-hybridized carbons (Fsp3) is 0. The monoisotopic (exact) mass is 326 g/mol. The summed E-state index contributed by atoms with van der Waals surface area (Å²) in [4.78, 5) is 0. The van der Waals surface area contributed by atoms with E-state index in [0.717, 1.165) is 6.07 Å². The van der Waals surface area contributed by atoms with Gasteiger partial charge in [0.15, 0.2) is 11.6 Å². The SMILES string of the molecule is N=C(N)c1c(F)cccc1Oc1ccc(Br)cc1F. The third kappa shape index (κ3) is 2.90. The van der Waals surface area contributed by atoms with E-state index in [1.807, 2.05) is 0 Å². The molecule has 0 saturated carbocycles. The predicted molar refractivity (Wildman–Crippen MR) is 71.6 cm³/mol. The number of hydrogen-bond acceptors (Lipinski definition) is 2. The zero-order valence-electron chi connectivity index (χ0n) is 9.58. The Bertz CT molecular complexity index is 647. The Labute approximate surface area is 116 Å². The lowest BCUT2D eigenvalue weighted by Gasteiger charge is -2.11. The van der Waals surface area contributed by atoms with Crippen molar-refractivity contribution in [3.63, 3.8) is 0 Å². The summed E-state index contributed by atoms with van der Waals surface area (Å²) in [6.07, 6.45) is 0. The van der Waals surface area contributed by atoms with E-state index >= 15 is 0 Å². The summed E-state index contributed by atoms with van der Waals surface area (Å²) in [5, 5.41) is 7.33. The molecule has 0 radical (unpaired) electrons. The zero-order valence-corrected chi connectivity index (χ0v) is 11.2. The fourth-order valence-electron chi connectivity index (χ4n) is 1.53. The summed E-state index contributed by atoms with van der Waals surface area (Å²) in [7, 11) is 0. The van der Waals surface area contributed by atoms with Crippen LogP contribution in [0.3, 0.4) is 0 Å². The molecule has 2 aromatic carbocycles. The van der Waals surface area contributed by atoms with Crippen LogP contribution >= 0.6 is 15.9 Å². The minimum absolute atomic E-state index is 0.00581. The molecule has 0 spiro atoms. The van der Waals surface area contributed by atoms with Crippen LogP contribution in [0.1, 0.15) is 5.56 Å². The summed E-state index contributed by atoms with van der Waals surface area (Å²) in [6.45, 7) is 0. The van der Waals surface area contributed by atoms with Gasteiger partial charge in [-0.2, -0.15) is 0 Å². The van der Waals surface area contributed by atoms with E-state index < -0.39 is 17.5 Å². The molecule has 0 aliphatic rings. The van der Waals surface area contributed by atoms with Gasteiger partial charge in [-0.05, 0) is 30.3 Å². The van der Waals surface area contributed by atoms with Crippen molar-refractivity contribution in [1.29, 1.82) is 5.41 Å². The first-order chi connectivity index (χ1) is 8.99. The van der Waals surface area contributed by atoms with Crippen molar-refractivity contribution in [3.05, 3.63) is 58.1 Å². The van der Waals surface area contributed by atoms with Gasteiger partial charge in [-0.15, -0.1) is 0 Å². The number of nitrogens with one attached hydrogen (secondary N) is 1. The quantitative estimate of drug-likeness (QED) is 0.665. The Hall–Kier alpha value is -1.95. The highest BCUT2D eigenvalue weighted by Gasteiger charge is 2.14. The van der Waals surface area contributed by atoms with Crippen molar-refractivity contribution < 1.29 is 13.5 Å². The van der Waals surface area contributed by atoms with E-state index in [2.05, 4.69) is 15.9 Å². The zero-order chi connectivity index (χ0) is 14.0. The predicted octanol–water partition coefficient (Wildman–Crippen LogP) is 3.80. The highest BCUT2D eigenvalue weighted by atomic mass is 79.9. The van der Waals surface area contributed by atoms with E-state index in [1.54, 1.807) is 6.07 Å². The Morgan fingerprint density at radius 3 is 2.47 bits per heavy atom. The van der Waals surface area contributed by atoms with Gasteiger partial charge in [0.2, 0.25) is 0 Å². The second-order valence-corrected chi connectivity index (χ2v) is 4.62. The highest BCUT2D eigenvalue weighted by Crippen LogP contribution is 2.30. The van der Waals surface area contributed by atoms with Crippen molar-refractivity contribution in [2.24, 2.45) is 5.73 Å².